The fourth-order valence-corrected chi connectivity index (χ4v) is 7.28. The van der Waals surface area contributed by atoms with Crippen molar-refractivity contribution in [1.29, 1.82) is 0 Å². The zero-order valence-electron chi connectivity index (χ0n) is 27.5. The average molecular weight is 667 g/mol. The number of carbonyl (C=O) groups is 1. The van der Waals surface area contributed by atoms with Crippen molar-refractivity contribution in [3.05, 3.63) is 48.0 Å². The Hall–Kier alpha value is -2.84. The van der Waals surface area contributed by atoms with Crippen molar-refractivity contribution in [1.82, 2.24) is 9.62 Å². The molecule has 0 saturated carbocycles. The lowest BCUT2D eigenvalue weighted by Gasteiger charge is -2.36. The Morgan fingerprint density at radius 1 is 1.02 bits per heavy atom. The third-order valence-electron chi connectivity index (χ3n) is 8.17. The molecule has 1 aliphatic rings. The van der Waals surface area contributed by atoms with Gasteiger partial charge in [0.1, 0.15) is 5.75 Å². The van der Waals surface area contributed by atoms with E-state index in [1.807, 2.05) is 26.0 Å². The number of hydrogen-bond acceptors (Lipinski definition) is 8. The van der Waals surface area contributed by atoms with E-state index in [0.717, 1.165) is 18.4 Å². The Labute approximate surface area is 269 Å². The van der Waals surface area contributed by atoms with Crippen LogP contribution in [0.5, 0.6) is 17.2 Å². The van der Waals surface area contributed by atoms with Crippen LogP contribution in [0.4, 0.5) is 4.79 Å². The lowest BCUT2D eigenvalue weighted by Crippen LogP contribution is -2.50. The SMILES string of the molecule is CC(C)CN(C[C@@H](O)[C@H](Cc1ccc(OCCCCO[Si](C)(C)C(C)(C)C)cc1)NC(=O)O)S(=O)(=O)c1ccc2c(c1)OCO2. The first-order valence-electron chi connectivity index (χ1n) is 15.4. The Bertz CT molecular complexity index is 1360. The van der Waals surface area contributed by atoms with Gasteiger partial charge in [0.25, 0.3) is 0 Å². The van der Waals surface area contributed by atoms with Gasteiger partial charge in [-0.05, 0) is 73.1 Å². The minimum absolute atomic E-state index is 0.000978. The number of amides is 1. The molecule has 0 fully saturated rings. The lowest BCUT2D eigenvalue weighted by atomic mass is 10.0. The molecule has 0 aromatic heterocycles. The third kappa shape index (κ3) is 10.6. The van der Waals surface area contributed by atoms with Gasteiger partial charge in [0, 0.05) is 25.8 Å². The molecular formula is C32H50N2O9SSi. The molecule has 252 valence electrons. The predicted molar refractivity (Wildman–Crippen MR) is 175 cm³/mol. The molecule has 2 aromatic carbocycles. The summed E-state index contributed by atoms with van der Waals surface area (Å²) in [5, 5.41) is 23.2. The molecule has 3 rings (SSSR count). The molecule has 13 heteroatoms. The standard InChI is InChI=1S/C32H50N2O9SSi/c1-23(2)20-34(44(38,39)26-14-15-29-30(19-26)42-22-41-29)21-28(35)27(33-31(36)37)18-24-10-12-25(13-11-24)40-16-8-9-17-43-45(6,7)32(3,4)5/h10-15,19,23,27-28,33,35H,8-9,16-18,20-22H2,1-7H3,(H,36,37)/t27-,28+/m0/s1. The monoisotopic (exact) mass is 666 g/mol. The number of fused-ring (bicyclic) bond motifs is 1. The van der Waals surface area contributed by atoms with Gasteiger partial charge in [-0.25, -0.2) is 13.2 Å². The molecule has 0 radical (unpaired) electrons. The molecule has 3 N–H and O–H groups in total. The minimum atomic E-state index is -4.04. The van der Waals surface area contributed by atoms with E-state index >= 15 is 0 Å². The molecule has 0 unspecified atom stereocenters. The van der Waals surface area contributed by atoms with E-state index in [2.05, 4.69) is 39.2 Å². The van der Waals surface area contributed by atoms with Crippen molar-refractivity contribution in [3.8, 4) is 17.2 Å². The van der Waals surface area contributed by atoms with Gasteiger partial charge in [0.05, 0.1) is 23.6 Å². The summed E-state index contributed by atoms with van der Waals surface area (Å²) in [4.78, 5) is 11.6. The molecule has 0 saturated heterocycles. The van der Waals surface area contributed by atoms with Crippen molar-refractivity contribution in [2.45, 2.75) is 89.1 Å². The number of unbranched alkanes of at least 4 members (excludes halogenated alkanes) is 1. The number of hydrogen-bond donors (Lipinski definition) is 3. The largest absolute Gasteiger partial charge is 0.494 e. The van der Waals surface area contributed by atoms with Crippen LogP contribution in [0, 0.1) is 5.92 Å². The zero-order chi connectivity index (χ0) is 33.4. The van der Waals surface area contributed by atoms with E-state index in [4.69, 9.17) is 18.6 Å². The number of benzene rings is 2. The predicted octanol–water partition coefficient (Wildman–Crippen LogP) is 5.48. The summed E-state index contributed by atoms with van der Waals surface area (Å²) in [6.07, 6.45) is -0.727. The highest BCUT2D eigenvalue weighted by atomic mass is 32.2. The van der Waals surface area contributed by atoms with Crippen LogP contribution >= 0.6 is 0 Å². The van der Waals surface area contributed by atoms with Crippen LogP contribution in [0.25, 0.3) is 0 Å². The summed E-state index contributed by atoms with van der Waals surface area (Å²) in [7, 11) is -5.80. The second-order valence-electron chi connectivity index (χ2n) is 13.4. The summed E-state index contributed by atoms with van der Waals surface area (Å²) < 4.78 is 51.2. The van der Waals surface area contributed by atoms with Crippen LogP contribution in [-0.4, -0.2) is 82.6 Å². The van der Waals surface area contributed by atoms with Gasteiger partial charge >= 0.3 is 6.09 Å². The van der Waals surface area contributed by atoms with Gasteiger partial charge in [-0.1, -0.05) is 46.8 Å². The molecule has 1 amide bonds. The van der Waals surface area contributed by atoms with Gasteiger partial charge in [0.15, 0.2) is 19.8 Å². The smallest absolute Gasteiger partial charge is 0.404 e. The van der Waals surface area contributed by atoms with E-state index < -0.39 is 36.6 Å². The molecule has 0 bridgehead atoms. The number of nitrogens with zero attached hydrogens (tertiary/aromatic N) is 1. The Morgan fingerprint density at radius 3 is 2.29 bits per heavy atom. The summed E-state index contributed by atoms with van der Waals surface area (Å²) in [6.45, 7) is 16.0. The molecule has 2 aromatic rings. The Kier molecular flexibility index (Phi) is 12.7. The van der Waals surface area contributed by atoms with Crippen LogP contribution < -0.4 is 19.5 Å². The van der Waals surface area contributed by atoms with E-state index in [9.17, 15) is 23.4 Å². The molecule has 0 spiro atoms. The highest BCUT2D eigenvalue weighted by Crippen LogP contribution is 2.37. The lowest BCUT2D eigenvalue weighted by molar-refractivity contribution is 0.0980. The van der Waals surface area contributed by atoms with Crippen LogP contribution in [-0.2, 0) is 20.9 Å². The fraction of sp³-hybridized carbons (Fsp3) is 0.594. The van der Waals surface area contributed by atoms with Crippen LogP contribution in [0.15, 0.2) is 47.4 Å². The molecule has 45 heavy (non-hydrogen) atoms. The van der Waals surface area contributed by atoms with Crippen molar-refractivity contribution in [2.24, 2.45) is 5.92 Å². The summed E-state index contributed by atoms with van der Waals surface area (Å²) in [5.74, 6) is 1.42. The zero-order valence-corrected chi connectivity index (χ0v) is 29.4. The van der Waals surface area contributed by atoms with Crippen molar-refractivity contribution in [3.63, 3.8) is 0 Å². The number of aliphatic hydroxyl groups is 1. The quantitative estimate of drug-likeness (QED) is 0.148. The highest BCUT2D eigenvalue weighted by Gasteiger charge is 2.37. The Balaban J connectivity index is 1.60. The molecule has 1 heterocycles. The highest BCUT2D eigenvalue weighted by molar-refractivity contribution is 7.89. The van der Waals surface area contributed by atoms with Gasteiger partial charge in [-0.3, -0.25) is 0 Å². The fourth-order valence-electron chi connectivity index (χ4n) is 4.56. The van der Waals surface area contributed by atoms with Crippen molar-refractivity contribution >= 4 is 24.4 Å². The van der Waals surface area contributed by atoms with Gasteiger partial charge in [-0.15, -0.1) is 0 Å². The van der Waals surface area contributed by atoms with Gasteiger partial charge < -0.3 is 34.2 Å². The maximum absolute atomic E-state index is 13.6. The summed E-state index contributed by atoms with van der Waals surface area (Å²) >= 11 is 0. The van der Waals surface area contributed by atoms with Crippen molar-refractivity contribution < 1.29 is 42.1 Å². The number of sulfonamides is 1. The average Bonchev–Trinajstić information content (AvgIpc) is 3.42. The van der Waals surface area contributed by atoms with Gasteiger partial charge in [-0.2, -0.15) is 4.31 Å². The minimum Gasteiger partial charge on any atom is -0.494 e. The molecular weight excluding hydrogens is 617 g/mol. The molecule has 1 aliphatic heterocycles. The van der Waals surface area contributed by atoms with E-state index in [1.165, 1.54) is 22.5 Å². The summed E-state index contributed by atoms with van der Waals surface area (Å²) in [6, 6.07) is 10.6. The van der Waals surface area contributed by atoms with E-state index in [-0.39, 0.29) is 42.2 Å². The number of ether oxygens (including phenoxy) is 3. The number of carboxylic acid groups (broad SMARTS) is 1. The topological polar surface area (TPSA) is 144 Å². The second-order valence-corrected chi connectivity index (χ2v) is 20.1. The van der Waals surface area contributed by atoms with E-state index in [0.29, 0.717) is 30.5 Å². The van der Waals surface area contributed by atoms with Crippen molar-refractivity contribution in [2.75, 3.05) is 33.1 Å². The number of rotatable bonds is 17. The van der Waals surface area contributed by atoms with Crippen LogP contribution in [0.3, 0.4) is 0 Å². The molecule has 0 aliphatic carbocycles. The first-order valence-corrected chi connectivity index (χ1v) is 19.8. The number of aliphatic hydroxyl groups excluding tert-OH is 1. The Morgan fingerprint density at radius 2 is 1.67 bits per heavy atom. The normalized spacial score (nSPS) is 14.9. The molecule has 11 nitrogen and oxygen atoms in total. The third-order valence-corrected chi connectivity index (χ3v) is 14.5. The first kappa shape index (κ1) is 36.6. The van der Waals surface area contributed by atoms with Crippen LogP contribution in [0.1, 0.15) is 53.0 Å². The first-order chi connectivity index (χ1) is 21.0. The van der Waals surface area contributed by atoms with Gasteiger partial charge in [0.2, 0.25) is 16.8 Å². The number of nitrogens with one attached hydrogen (secondary N) is 1. The maximum atomic E-state index is 13.6. The second kappa shape index (κ2) is 15.6. The molecule has 2 atom stereocenters. The van der Waals surface area contributed by atoms with E-state index in [1.54, 1.807) is 12.1 Å². The van der Waals surface area contributed by atoms with Crippen LogP contribution in [0.2, 0.25) is 18.1 Å². The summed E-state index contributed by atoms with van der Waals surface area (Å²) in [5.41, 5.74) is 0.761. The maximum Gasteiger partial charge on any atom is 0.404 e.